The van der Waals surface area contributed by atoms with E-state index in [1.807, 2.05) is 0 Å². The molecule has 0 amide bonds. The van der Waals surface area contributed by atoms with Gasteiger partial charge in [-0.2, -0.15) is 0 Å². The van der Waals surface area contributed by atoms with Crippen molar-refractivity contribution in [3.8, 4) is 44.5 Å². The third-order valence-electron chi connectivity index (χ3n) is 11.2. The third-order valence-corrected chi connectivity index (χ3v) is 11.2. The summed E-state index contributed by atoms with van der Waals surface area (Å²) in [5.41, 5.74) is 13.2. The van der Waals surface area contributed by atoms with Gasteiger partial charge in [-0.3, -0.25) is 0 Å². The molecule has 0 nitrogen and oxygen atoms in total. The van der Waals surface area contributed by atoms with Crippen LogP contribution in [0.25, 0.3) is 98.4 Å². The van der Waals surface area contributed by atoms with Gasteiger partial charge in [-0.25, -0.2) is 0 Å². The van der Waals surface area contributed by atoms with E-state index in [1.54, 1.807) is 0 Å². The van der Waals surface area contributed by atoms with E-state index >= 15 is 0 Å². The standard InChI is InChI=1S/C51H32/c1-4-16-38-32(12-1)15-11-23-39(38)36-26-27-46-49(30-36)51(48-29-34-14-3-5-17-40(34)42-19-7-8-20-43(42)48)45-22-10-9-21-44(45)50(46)37-25-24-35-28-33-13-2-6-18-41(33)47(35)31-37/h1-27,29-31H,28H2. The summed E-state index contributed by atoms with van der Waals surface area (Å²) in [6.45, 7) is 0. The molecule has 0 atom stereocenters. The van der Waals surface area contributed by atoms with E-state index in [2.05, 4.69) is 182 Å². The van der Waals surface area contributed by atoms with Gasteiger partial charge >= 0.3 is 0 Å². The molecule has 10 aromatic carbocycles. The van der Waals surface area contributed by atoms with Crippen LogP contribution in [-0.2, 0) is 6.42 Å². The fourth-order valence-electron chi connectivity index (χ4n) is 8.96. The highest BCUT2D eigenvalue weighted by Crippen LogP contribution is 2.49. The second-order valence-electron chi connectivity index (χ2n) is 14.0. The van der Waals surface area contributed by atoms with Crippen molar-refractivity contribution in [3.05, 3.63) is 193 Å². The minimum atomic E-state index is 0.996. The predicted octanol–water partition coefficient (Wildman–Crippen LogP) is 14.0. The van der Waals surface area contributed by atoms with Gasteiger partial charge in [0.1, 0.15) is 0 Å². The van der Waals surface area contributed by atoms with E-state index in [9.17, 15) is 0 Å². The van der Waals surface area contributed by atoms with Crippen molar-refractivity contribution in [1.82, 2.24) is 0 Å². The molecule has 0 radical (unpaired) electrons. The summed E-state index contributed by atoms with van der Waals surface area (Å²) in [5, 5.41) is 12.7. The molecule has 0 heteroatoms. The SMILES string of the molecule is c1ccc2c(c1)Cc1ccc(-c3c4ccccc4c(-c4cc5ccccc5c5ccccc45)c4cc(-c5cccc6ccccc56)ccc34)cc1-2. The predicted molar refractivity (Wildman–Crippen MR) is 219 cm³/mol. The molecular formula is C51H32. The van der Waals surface area contributed by atoms with Crippen LogP contribution >= 0.6 is 0 Å². The Balaban J connectivity index is 1.29. The molecule has 1 aliphatic carbocycles. The maximum Gasteiger partial charge on any atom is -0.00134 e. The lowest BCUT2D eigenvalue weighted by molar-refractivity contribution is 1.26. The summed E-state index contributed by atoms with van der Waals surface area (Å²) in [4.78, 5) is 0. The molecule has 0 bridgehead atoms. The highest BCUT2D eigenvalue weighted by molar-refractivity contribution is 6.26. The van der Waals surface area contributed by atoms with Crippen LogP contribution in [0.15, 0.2) is 182 Å². The average Bonchev–Trinajstić information content (AvgIpc) is 3.57. The molecule has 0 spiro atoms. The van der Waals surface area contributed by atoms with Crippen molar-refractivity contribution in [3.63, 3.8) is 0 Å². The second kappa shape index (κ2) is 11.0. The Labute approximate surface area is 296 Å². The molecule has 11 rings (SSSR count). The van der Waals surface area contributed by atoms with Crippen molar-refractivity contribution in [2.45, 2.75) is 6.42 Å². The zero-order chi connectivity index (χ0) is 33.5. The molecule has 1 aliphatic rings. The van der Waals surface area contributed by atoms with Crippen molar-refractivity contribution in [2.75, 3.05) is 0 Å². The molecule has 0 fully saturated rings. The van der Waals surface area contributed by atoms with Gasteiger partial charge in [0.2, 0.25) is 0 Å². The first kappa shape index (κ1) is 28.3. The average molecular weight is 645 g/mol. The van der Waals surface area contributed by atoms with Crippen LogP contribution in [0.1, 0.15) is 11.1 Å². The fraction of sp³-hybridized carbons (Fsp3) is 0.0196. The van der Waals surface area contributed by atoms with E-state index in [1.165, 1.54) is 109 Å². The Morgan fingerprint density at radius 1 is 0.255 bits per heavy atom. The molecule has 0 unspecified atom stereocenters. The van der Waals surface area contributed by atoms with Crippen LogP contribution in [0.4, 0.5) is 0 Å². The minimum absolute atomic E-state index is 0.996. The van der Waals surface area contributed by atoms with Crippen molar-refractivity contribution >= 4 is 53.9 Å². The first-order valence-corrected chi connectivity index (χ1v) is 17.9. The van der Waals surface area contributed by atoms with Gasteiger partial charge in [0.05, 0.1) is 0 Å². The Kier molecular flexibility index (Phi) is 6.12. The highest BCUT2D eigenvalue weighted by Gasteiger charge is 2.23. The summed E-state index contributed by atoms with van der Waals surface area (Å²) in [5.74, 6) is 0. The number of hydrogen-bond donors (Lipinski definition) is 0. The second-order valence-corrected chi connectivity index (χ2v) is 14.0. The number of benzene rings is 10. The molecule has 0 saturated heterocycles. The van der Waals surface area contributed by atoms with Crippen molar-refractivity contribution in [2.24, 2.45) is 0 Å². The quantitative estimate of drug-likeness (QED) is 0.133. The monoisotopic (exact) mass is 644 g/mol. The van der Waals surface area contributed by atoms with Crippen LogP contribution in [0.5, 0.6) is 0 Å². The molecule has 0 aliphatic heterocycles. The summed E-state index contributed by atoms with van der Waals surface area (Å²) in [6, 6.07) is 67.9. The summed E-state index contributed by atoms with van der Waals surface area (Å²) in [6.07, 6.45) is 0.996. The summed E-state index contributed by atoms with van der Waals surface area (Å²) < 4.78 is 0. The van der Waals surface area contributed by atoms with Crippen LogP contribution in [0.3, 0.4) is 0 Å². The smallest absolute Gasteiger partial charge is 0.00134 e. The molecule has 0 heterocycles. The normalized spacial score (nSPS) is 12.2. The topological polar surface area (TPSA) is 0 Å². The molecule has 236 valence electrons. The third kappa shape index (κ3) is 4.27. The molecule has 0 N–H and O–H groups in total. The zero-order valence-electron chi connectivity index (χ0n) is 28.0. The molecule has 0 saturated carbocycles. The number of hydrogen-bond acceptors (Lipinski definition) is 0. The Hall–Kier alpha value is -6.50. The highest BCUT2D eigenvalue weighted by atomic mass is 14.3. The van der Waals surface area contributed by atoms with Gasteiger partial charge in [0.15, 0.2) is 0 Å². The first-order chi connectivity index (χ1) is 25.3. The lowest BCUT2D eigenvalue weighted by atomic mass is 9.82. The number of rotatable bonds is 3. The van der Waals surface area contributed by atoms with Crippen molar-refractivity contribution < 1.29 is 0 Å². The van der Waals surface area contributed by atoms with E-state index in [-0.39, 0.29) is 0 Å². The Morgan fingerprint density at radius 2 is 0.843 bits per heavy atom. The van der Waals surface area contributed by atoms with Crippen LogP contribution in [0, 0.1) is 0 Å². The van der Waals surface area contributed by atoms with Gasteiger partial charge in [-0.05, 0) is 134 Å². The Morgan fingerprint density at radius 3 is 1.71 bits per heavy atom. The Bertz CT molecular complexity index is 3050. The fourth-order valence-corrected chi connectivity index (χ4v) is 8.96. The van der Waals surface area contributed by atoms with E-state index in [4.69, 9.17) is 0 Å². The molecule has 51 heavy (non-hydrogen) atoms. The van der Waals surface area contributed by atoms with Gasteiger partial charge in [0.25, 0.3) is 0 Å². The zero-order valence-corrected chi connectivity index (χ0v) is 28.0. The maximum atomic E-state index is 2.47. The minimum Gasteiger partial charge on any atom is -0.0619 e. The van der Waals surface area contributed by atoms with Crippen LogP contribution < -0.4 is 0 Å². The van der Waals surface area contributed by atoms with Crippen LogP contribution in [-0.4, -0.2) is 0 Å². The van der Waals surface area contributed by atoms with Crippen LogP contribution in [0.2, 0.25) is 0 Å². The van der Waals surface area contributed by atoms with Gasteiger partial charge in [-0.1, -0.05) is 164 Å². The molecule has 0 aromatic heterocycles. The lowest BCUT2D eigenvalue weighted by Gasteiger charge is -2.21. The summed E-state index contributed by atoms with van der Waals surface area (Å²) >= 11 is 0. The number of fused-ring (bicyclic) bond motifs is 9. The summed E-state index contributed by atoms with van der Waals surface area (Å²) in [7, 11) is 0. The maximum absolute atomic E-state index is 2.47. The van der Waals surface area contributed by atoms with Gasteiger partial charge in [0, 0.05) is 0 Å². The molecule has 10 aromatic rings. The van der Waals surface area contributed by atoms with Gasteiger partial charge < -0.3 is 0 Å². The van der Waals surface area contributed by atoms with E-state index in [0.717, 1.165) is 6.42 Å². The molecular weight excluding hydrogens is 613 g/mol. The lowest BCUT2D eigenvalue weighted by Crippen LogP contribution is -1.94. The van der Waals surface area contributed by atoms with Gasteiger partial charge in [-0.15, -0.1) is 0 Å². The first-order valence-electron chi connectivity index (χ1n) is 17.9. The van der Waals surface area contributed by atoms with Crippen molar-refractivity contribution in [1.29, 1.82) is 0 Å². The van der Waals surface area contributed by atoms with E-state index < -0.39 is 0 Å². The largest absolute Gasteiger partial charge is 0.0619 e. The van der Waals surface area contributed by atoms with E-state index in [0.29, 0.717) is 0 Å².